The Morgan fingerprint density at radius 3 is 2.29 bits per heavy atom. The molecule has 0 aliphatic carbocycles. The zero-order valence-electron chi connectivity index (χ0n) is 13.1. The Balaban J connectivity index is 0.000000774. The fraction of sp³-hybridized carbons (Fsp3) is 0.316. The average Bonchev–Trinajstić information content (AvgIpc) is 2.54. The van der Waals surface area contributed by atoms with E-state index in [4.69, 9.17) is 0 Å². The molecule has 0 bridgehead atoms. The summed E-state index contributed by atoms with van der Waals surface area (Å²) >= 11 is 0. The molecular formula is C19H23NO. The van der Waals surface area contributed by atoms with Crippen molar-refractivity contribution in [3.8, 4) is 0 Å². The smallest absolute Gasteiger partial charge is 0.258 e. The minimum atomic E-state index is 0.0859. The number of nitrogens with zero attached hydrogens (tertiary/aromatic N) is 1. The van der Waals surface area contributed by atoms with Crippen molar-refractivity contribution in [1.29, 1.82) is 0 Å². The molecule has 2 heteroatoms. The molecule has 0 aliphatic rings. The number of hydrogen-bond donors (Lipinski definition) is 0. The highest BCUT2D eigenvalue weighted by Crippen LogP contribution is 2.21. The van der Waals surface area contributed by atoms with E-state index < -0.39 is 0 Å². The van der Waals surface area contributed by atoms with Crippen LogP contribution in [0.25, 0.3) is 28.1 Å². The van der Waals surface area contributed by atoms with Crippen molar-refractivity contribution in [2.24, 2.45) is 0 Å². The molecule has 0 fully saturated rings. The van der Waals surface area contributed by atoms with E-state index in [1.54, 1.807) is 0 Å². The highest BCUT2D eigenvalue weighted by molar-refractivity contribution is 6.09. The second kappa shape index (κ2) is 6.57. The highest BCUT2D eigenvalue weighted by Gasteiger charge is 2.09. The number of pyridine rings is 1. The summed E-state index contributed by atoms with van der Waals surface area (Å²) in [7, 11) is 0. The molecule has 0 saturated carbocycles. The summed E-state index contributed by atoms with van der Waals surface area (Å²) in [5.41, 5.74) is 0.0859. The van der Waals surface area contributed by atoms with Crippen LogP contribution in [0.4, 0.5) is 0 Å². The second-order valence-electron chi connectivity index (χ2n) is 4.97. The van der Waals surface area contributed by atoms with Gasteiger partial charge in [-0.2, -0.15) is 0 Å². The molecule has 0 N–H and O–H groups in total. The van der Waals surface area contributed by atoms with Crippen LogP contribution in [-0.4, -0.2) is 4.57 Å². The molecule has 1 heterocycles. The molecule has 110 valence electrons. The van der Waals surface area contributed by atoms with E-state index >= 15 is 0 Å². The lowest BCUT2D eigenvalue weighted by Crippen LogP contribution is -2.33. The van der Waals surface area contributed by atoms with Gasteiger partial charge in [0.05, 0.1) is 0 Å². The molecule has 0 unspecified atom stereocenters. The van der Waals surface area contributed by atoms with Gasteiger partial charge in [-0.3, -0.25) is 4.79 Å². The van der Waals surface area contributed by atoms with Gasteiger partial charge in [-0.1, -0.05) is 64.1 Å². The molecule has 21 heavy (non-hydrogen) atoms. The molecular weight excluding hydrogens is 258 g/mol. The first-order valence-corrected chi connectivity index (χ1v) is 7.77. The average molecular weight is 281 g/mol. The number of hydrogen-bond acceptors (Lipinski definition) is 1. The highest BCUT2D eigenvalue weighted by atomic mass is 16.1. The van der Waals surface area contributed by atoms with Crippen LogP contribution in [0.15, 0.2) is 41.2 Å². The van der Waals surface area contributed by atoms with E-state index in [1.807, 2.05) is 48.7 Å². The van der Waals surface area contributed by atoms with Gasteiger partial charge in [-0.15, -0.1) is 0 Å². The summed E-state index contributed by atoms with van der Waals surface area (Å²) in [4.78, 5) is 12.6. The van der Waals surface area contributed by atoms with Crippen molar-refractivity contribution in [1.82, 2.24) is 4.57 Å². The molecule has 1 aromatic heterocycles. The Morgan fingerprint density at radius 2 is 1.67 bits per heavy atom. The predicted molar refractivity (Wildman–Crippen MR) is 92.7 cm³/mol. The van der Waals surface area contributed by atoms with Gasteiger partial charge in [-0.25, -0.2) is 0 Å². The third kappa shape index (κ3) is 2.58. The SMILES string of the molecule is C=c1c2cccc3cccc(c(=O)n1CCCC)c32.CC. The largest absolute Gasteiger partial charge is 0.308 e. The lowest BCUT2D eigenvalue weighted by Gasteiger charge is -2.12. The van der Waals surface area contributed by atoms with Gasteiger partial charge in [0.1, 0.15) is 0 Å². The van der Waals surface area contributed by atoms with Crippen molar-refractivity contribution in [3.63, 3.8) is 0 Å². The number of aromatic nitrogens is 1. The fourth-order valence-electron chi connectivity index (χ4n) is 2.73. The number of rotatable bonds is 3. The maximum atomic E-state index is 12.6. The first-order valence-electron chi connectivity index (χ1n) is 7.77. The molecule has 3 rings (SSSR count). The summed E-state index contributed by atoms with van der Waals surface area (Å²) < 4.78 is 1.82. The Hall–Kier alpha value is -2.09. The van der Waals surface area contributed by atoms with Crippen molar-refractivity contribution in [2.45, 2.75) is 40.2 Å². The monoisotopic (exact) mass is 281 g/mol. The molecule has 0 atom stereocenters. The molecule has 0 saturated heterocycles. The maximum absolute atomic E-state index is 12.6. The predicted octanol–water partition coefficient (Wildman–Crippen LogP) is 4.11. The molecule has 3 aromatic rings. The van der Waals surface area contributed by atoms with Gasteiger partial charge in [0.25, 0.3) is 5.56 Å². The second-order valence-corrected chi connectivity index (χ2v) is 4.97. The van der Waals surface area contributed by atoms with Crippen LogP contribution >= 0.6 is 0 Å². The summed E-state index contributed by atoms with van der Waals surface area (Å²) in [6.45, 7) is 11.0. The van der Waals surface area contributed by atoms with E-state index in [2.05, 4.69) is 19.6 Å². The van der Waals surface area contributed by atoms with Crippen LogP contribution in [0.3, 0.4) is 0 Å². The van der Waals surface area contributed by atoms with Crippen LogP contribution in [0.2, 0.25) is 0 Å². The zero-order valence-corrected chi connectivity index (χ0v) is 13.1. The van der Waals surface area contributed by atoms with Crippen molar-refractivity contribution >= 4 is 28.1 Å². The van der Waals surface area contributed by atoms with E-state index in [-0.39, 0.29) is 5.56 Å². The summed E-state index contributed by atoms with van der Waals surface area (Å²) in [5, 5.41) is 4.88. The lowest BCUT2D eigenvalue weighted by atomic mass is 10.0. The van der Waals surface area contributed by atoms with Gasteiger partial charge in [0, 0.05) is 28.1 Å². The van der Waals surface area contributed by atoms with Gasteiger partial charge < -0.3 is 4.57 Å². The third-order valence-corrected chi connectivity index (χ3v) is 3.75. The van der Waals surface area contributed by atoms with Crippen LogP contribution < -0.4 is 10.9 Å². The van der Waals surface area contributed by atoms with Crippen molar-refractivity contribution < 1.29 is 0 Å². The van der Waals surface area contributed by atoms with Gasteiger partial charge in [0.2, 0.25) is 0 Å². The van der Waals surface area contributed by atoms with Gasteiger partial charge >= 0.3 is 0 Å². The third-order valence-electron chi connectivity index (χ3n) is 3.75. The van der Waals surface area contributed by atoms with E-state index in [0.29, 0.717) is 0 Å². The van der Waals surface area contributed by atoms with E-state index in [0.717, 1.165) is 46.3 Å². The van der Waals surface area contributed by atoms with Crippen LogP contribution in [0.5, 0.6) is 0 Å². The first-order chi connectivity index (χ1) is 10.2. The van der Waals surface area contributed by atoms with E-state index in [1.165, 1.54) is 0 Å². The van der Waals surface area contributed by atoms with Gasteiger partial charge in [0.15, 0.2) is 0 Å². The maximum Gasteiger partial charge on any atom is 0.258 e. The molecule has 0 radical (unpaired) electrons. The van der Waals surface area contributed by atoms with Crippen LogP contribution in [-0.2, 0) is 6.54 Å². The minimum Gasteiger partial charge on any atom is -0.308 e. The topological polar surface area (TPSA) is 22.0 Å². The zero-order chi connectivity index (χ0) is 15.4. The van der Waals surface area contributed by atoms with Crippen molar-refractivity contribution in [2.75, 3.05) is 0 Å². The molecule has 2 aromatic carbocycles. The summed E-state index contributed by atoms with van der Waals surface area (Å²) in [6.07, 6.45) is 2.08. The van der Waals surface area contributed by atoms with Crippen LogP contribution in [0, 0.1) is 0 Å². The summed E-state index contributed by atoms with van der Waals surface area (Å²) in [6, 6.07) is 12.0. The summed E-state index contributed by atoms with van der Waals surface area (Å²) in [5.74, 6) is 0. The standard InChI is InChI=1S/C17H17NO.C2H6/c1-3-4-11-18-12(2)14-9-5-7-13-8-6-10-15(16(13)14)17(18)19;1-2/h5-10H,2-4,11H2,1H3;1-2H3. The Morgan fingerprint density at radius 1 is 1.05 bits per heavy atom. The fourth-order valence-corrected chi connectivity index (χ4v) is 2.73. The Labute approximate surface area is 125 Å². The minimum absolute atomic E-state index is 0.0859. The van der Waals surface area contributed by atoms with Gasteiger partial charge in [-0.05, 0) is 17.9 Å². The Kier molecular flexibility index (Phi) is 4.79. The molecule has 0 aliphatic heterocycles. The molecule has 0 amide bonds. The quantitative estimate of drug-likeness (QED) is 0.708. The number of benzene rings is 2. The first kappa shape index (κ1) is 15.3. The molecule has 2 nitrogen and oxygen atoms in total. The van der Waals surface area contributed by atoms with E-state index in [9.17, 15) is 4.79 Å². The molecule has 0 spiro atoms. The lowest BCUT2D eigenvalue weighted by molar-refractivity contribution is 0.607. The normalized spacial score (nSPS) is 10.6. The van der Waals surface area contributed by atoms with Crippen LogP contribution in [0.1, 0.15) is 33.6 Å². The Bertz CT molecular complexity index is 782. The number of unbranched alkanes of at least 4 members (excludes halogenated alkanes) is 1. The van der Waals surface area contributed by atoms with Crippen molar-refractivity contribution in [3.05, 3.63) is 52.1 Å².